The van der Waals surface area contributed by atoms with Crippen LogP contribution in [0.5, 0.6) is 0 Å². The predicted octanol–water partition coefficient (Wildman–Crippen LogP) is 2.29. The van der Waals surface area contributed by atoms with E-state index in [0.29, 0.717) is 18.1 Å². The maximum Gasteiger partial charge on any atom is 0.325 e. The molecule has 1 saturated heterocycles. The van der Waals surface area contributed by atoms with Gasteiger partial charge in [-0.2, -0.15) is 5.10 Å². The topological polar surface area (TPSA) is 126 Å². The van der Waals surface area contributed by atoms with Crippen LogP contribution >= 0.6 is 0 Å². The van der Waals surface area contributed by atoms with E-state index in [2.05, 4.69) is 15.4 Å². The van der Waals surface area contributed by atoms with Gasteiger partial charge in [-0.3, -0.25) is 24.1 Å². The van der Waals surface area contributed by atoms with E-state index in [1.54, 1.807) is 49.4 Å². The van der Waals surface area contributed by atoms with E-state index < -0.39 is 29.8 Å². The van der Waals surface area contributed by atoms with E-state index in [1.165, 1.54) is 4.90 Å². The monoisotopic (exact) mass is 475 g/mol. The molecular weight excluding hydrogens is 446 g/mol. The van der Waals surface area contributed by atoms with Gasteiger partial charge in [-0.15, -0.1) is 0 Å². The van der Waals surface area contributed by atoms with Crippen LogP contribution in [0.4, 0.5) is 16.4 Å². The molecule has 1 aromatic carbocycles. The molecule has 4 rings (SSSR count). The average molecular weight is 476 g/mol. The van der Waals surface area contributed by atoms with Crippen LogP contribution in [0.25, 0.3) is 0 Å². The number of nitrogen functional groups attached to an aromatic ring is 1. The minimum Gasteiger partial charge on any atom is -0.384 e. The molecule has 10 heteroatoms. The van der Waals surface area contributed by atoms with E-state index in [0.717, 1.165) is 16.0 Å². The van der Waals surface area contributed by atoms with Crippen molar-refractivity contribution in [2.24, 2.45) is 13.0 Å². The third-order valence-electron chi connectivity index (χ3n) is 6.27. The highest BCUT2D eigenvalue weighted by Crippen LogP contribution is 2.33. The summed E-state index contributed by atoms with van der Waals surface area (Å²) in [6, 6.07) is 12.8. The fourth-order valence-electron chi connectivity index (χ4n) is 4.35. The molecule has 35 heavy (non-hydrogen) atoms. The Kier molecular flexibility index (Phi) is 6.81. The molecule has 0 unspecified atom stereocenters. The molecule has 3 aromatic rings. The number of hydrogen-bond donors (Lipinski definition) is 2. The fourth-order valence-corrected chi connectivity index (χ4v) is 4.35. The molecule has 3 atom stereocenters. The van der Waals surface area contributed by atoms with Crippen LogP contribution < -0.4 is 16.0 Å². The van der Waals surface area contributed by atoms with E-state index in [4.69, 9.17) is 5.73 Å². The van der Waals surface area contributed by atoms with Gasteiger partial charge in [0.15, 0.2) is 5.82 Å². The van der Waals surface area contributed by atoms with Crippen molar-refractivity contribution in [2.45, 2.75) is 31.8 Å². The smallest absolute Gasteiger partial charge is 0.325 e. The molecule has 0 bridgehead atoms. The number of nitrogens with zero attached hydrogens (tertiary/aromatic N) is 5. The van der Waals surface area contributed by atoms with Gasteiger partial charge < -0.3 is 11.1 Å². The zero-order chi connectivity index (χ0) is 25.1. The molecule has 10 nitrogen and oxygen atoms in total. The maximum atomic E-state index is 13.6. The predicted molar refractivity (Wildman–Crippen MR) is 131 cm³/mol. The minimum absolute atomic E-state index is 0.262. The highest BCUT2D eigenvalue weighted by atomic mass is 16.2. The Morgan fingerprint density at radius 2 is 1.94 bits per heavy atom. The summed E-state index contributed by atoms with van der Waals surface area (Å²) < 4.78 is 1.58. The molecule has 1 aliphatic heterocycles. The summed E-state index contributed by atoms with van der Waals surface area (Å²) in [6.45, 7) is 1.95. The molecule has 0 aliphatic carbocycles. The number of nitrogens with two attached hydrogens (primary N) is 1. The van der Waals surface area contributed by atoms with Gasteiger partial charge in [-0.1, -0.05) is 37.3 Å². The van der Waals surface area contributed by atoms with Crippen molar-refractivity contribution >= 4 is 29.5 Å². The normalized spacial score (nSPS) is 18.0. The summed E-state index contributed by atoms with van der Waals surface area (Å²) >= 11 is 0. The van der Waals surface area contributed by atoms with E-state index in [9.17, 15) is 14.4 Å². The molecule has 3 N–H and O–H groups in total. The number of aryl methyl sites for hydroxylation is 1. The Morgan fingerprint density at radius 1 is 1.20 bits per heavy atom. The highest BCUT2D eigenvalue weighted by Gasteiger charge is 2.55. The average Bonchev–Trinajstić information content (AvgIpc) is 3.29. The first-order valence-corrected chi connectivity index (χ1v) is 11.5. The van der Waals surface area contributed by atoms with Crippen LogP contribution in [0.2, 0.25) is 0 Å². The second kappa shape index (κ2) is 9.96. The number of likely N-dealkylation sites (tertiary alicyclic amines) is 1. The van der Waals surface area contributed by atoms with Crippen LogP contribution in [0.1, 0.15) is 30.5 Å². The SMILES string of the molecule is CC[C@@H](NC(=O)N1C(=O)[C@H](Cc2ccnc(N)c2)[C@H]1C(=O)N(C)c1ccn(C)n1)c1ccccc1. The third-order valence-corrected chi connectivity index (χ3v) is 6.27. The van der Waals surface area contributed by atoms with E-state index in [-0.39, 0.29) is 12.5 Å². The van der Waals surface area contributed by atoms with Gasteiger partial charge in [0, 0.05) is 32.6 Å². The molecule has 3 heterocycles. The van der Waals surface area contributed by atoms with Gasteiger partial charge >= 0.3 is 6.03 Å². The minimum atomic E-state index is -0.975. The first-order chi connectivity index (χ1) is 16.8. The van der Waals surface area contributed by atoms with Crippen molar-refractivity contribution < 1.29 is 14.4 Å². The van der Waals surface area contributed by atoms with Gasteiger partial charge in [0.25, 0.3) is 5.91 Å². The van der Waals surface area contributed by atoms with Gasteiger partial charge in [0.05, 0.1) is 12.0 Å². The lowest BCUT2D eigenvalue weighted by Crippen LogP contribution is -2.70. The van der Waals surface area contributed by atoms with Gasteiger partial charge in [-0.25, -0.2) is 9.78 Å². The Morgan fingerprint density at radius 3 is 2.57 bits per heavy atom. The van der Waals surface area contributed by atoms with Crippen molar-refractivity contribution in [1.29, 1.82) is 0 Å². The lowest BCUT2D eigenvalue weighted by atomic mass is 9.81. The number of amides is 4. The van der Waals surface area contributed by atoms with E-state index >= 15 is 0 Å². The molecule has 182 valence electrons. The number of rotatable bonds is 7. The van der Waals surface area contributed by atoms with Gasteiger partial charge in [0.1, 0.15) is 11.9 Å². The van der Waals surface area contributed by atoms with Crippen molar-refractivity contribution in [1.82, 2.24) is 25.0 Å². The number of carbonyl (C=O) groups excluding carboxylic acids is 3. The lowest BCUT2D eigenvalue weighted by molar-refractivity contribution is -0.156. The number of imide groups is 1. The Bertz CT molecular complexity index is 1230. The summed E-state index contributed by atoms with van der Waals surface area (Å²) in [5.41, 5.74) is 7.49. The highest BCUT2D eigenvalue weighted by molar-refractivity contribution is 6.12. The molecular formula is C25H29N7O3. The second-order valence-corrected chi connectivity index (χ2v) is 8.62. The third kappa shape index (κ3) is 4.86. The first-order valence-electron chi connectivity index (χ1n) is 11.5. The number of β-lactam (4-membered cyclic amide) rings is 1. The van der Waals surface area contributed by atoms with Crippen molar-refractivity contribution in [3.8, 4) is 0 Å². The van der Waals surface area contributed by atoms with Crippen LogP contribution in [0, 0.1) is 5.92 Å². The number of carbonyl (C=O) groups is 3. The number of nitrogens with one attached hydrogen (secondary N) is 1. The summed E-state index contributed by atoms with van der Waals surface area (Å²) in [4.78, 5) is 46.4. The van der Waals surface area contributed by atoms with Crippen molar-refractivity contribution in [3.05, 3.63) is 72.1 Å². The second-order valence-electron chi connectivity index (χ2n) is 8.62. The number of urea groups is 1. The van der Waals surface area contributed by atoms with Gasteiger partial charge in [0.2, 0.25) is 5.91 Å². The fraction of sp³-hybridized carbons (Fsp3) is 0.320. The summed E-state index contributed by atoms with van der Waals surface area (Å²) in [6.07, 6.45) is 4.17. The Balaban J connectivity index is 1.59. The van der Waals surface area contributed by atoms with Crippen LogP contribution in [-0.4, -0.2) is 50.6 Å². The molecule has 1 fully saturated rings. The van der Waals surface area contributed by atoms with Gasteiger partial charge in [-0.05, 0) is 36.1 Å². The molecule has 0 radical (unpaired) electrons. The summed E-state index contributed by atoms with van der Waals surface area (Å²) in [5.74, 6) is -0.754. The first kappa shape index (κ1) is 23.9. The maximum absolute atomic E-state index is 13.6. The Hall–Kier alpha value is -4.21. The van der Waals surface area contributed by atoms with Crippen LogP contribution in [0.15, 0.2) is 60.9 Å². The van der Waals surface area contributed by atoms with Crippen LogP contribution in [-0.2, 0) is 23.1 Å². The summed E-state index contributed by atoms with van der Waals surface area (Å²) in [7, 11) is 3.34. The number of aromatic nitrogens is 3. The quantitative estimate of drug-likeness (QED) is 0.505. The zero-order valence-corrected chi connectivity index (χ0v) is 20.0. The number of benzene rings is 1. The van der Waals surface area contributed by atoms with Crippen LogP contribution in [0.3, 0.4) is 0 Å². The number of pyridine rings is 1. The number of hydrogen-bond acceptors (Lipinski definition) is 6. The number of anilines is 2. The molecule has 4 amide bonds. The molecule has 1 aliphatic rings. The lowest BCUT2D eigenvalue weighted by Gasteiger charge is -2.45. The zero-order valence-electron chi connectivity index (χ0n) is 20.0. The Labute approximate surface area is 203 Å². The van der Waals surface area contributed by atoms with Crippen molar-refractivity contribution in [3.63, 3.8) is 0 Å². The van der Waals surface area contributed by atoms with E-state index in [1.807, 2.05) is 37.3 Å². The molecule has 0 saturated carbocycles. The molecule has 0 spiro atoms. The molecule has 2 aromatic heterocycles. The summed E-state index contributed by atoms with van der Waals surface area (Å²) in [5, 5.41) is 7.20. The largest absolute Gasteiger partial charge is 0.384 e. The van der Waals surface area contributed by atoms with Crippen molar-refractivity contribution in [2.75, 3.05) is 17.7 Å². The standard InChI is InChI=1S/C25H29N7O3/c1-4-19(17-8-6-5-7-9-17)28-25(35)32-22(24(34)31(3)21-11-13-30(2)29-21)18(23(32)33)14-16-10-12-27-20(26)15-16/h5-13,15,18-19,22H,4,14H2,1-3H3,(H2,26,27)(H,28,35)/t18-,19-,22+/m1/s1. The number of likely N-dealkylation sites (N-methyl/N-ethyl adjacent to an activating group) is 1.